The lowest BCUT2D eigenvalue weighted by Crippen LogP contribution is -2.19. The first-order valence-electron chi connectivity index (χ1n) is 10.8. The molecule has 1 N–H and O–H groups in total. The van der Waals surface area contributed by atoms with Gasteiger partial charge in [0.25, 0.3) is 0 Å². The number of aryl methyl sites for hydroxylation is 2. The average molecular weight is 453 g/mol. The second kappa shape index (κ2) is 9.98. The third-order valence-electron chi connectivity index (χ3n) is 5.33. The molecule has 0 aliphatic heterocycles. The van der Waals surface area contributed by atoms with E-state index in [-0.39, 0.29) is 17.5 Å². The highest BCUT2D eigenvalue weighted by atomic mass is 19.1. The summed E-state index contributed by atoms with van der Waals surface area (Å²) >= 11 is 0. The molecule has 7 heteroatoms. The molecule has 2 aromatic carbocycles. The van der Waals surface area contributed by atoms with E-state index in [2.05, 4.69) is 25.8 Å². The molecule has 3 rings (SSSR count). The third kappa shape index (κ3) is 6.06. The van der Waals surface area contributed by atoms with Crippen molar-refractivity contribution in [2.24, 2.45) is 5.41 Å². The maximum absolute atomic E-state index is 14.2. The van der Waals surface area contributed by atoms with E-state index < -0.39 is 17.8 Å². The molecule has 0 unspecified atom stereocenters. The van der Waals surface area contributed by atoms with Gasteiger partial charge in [0.05, 0.1) is 7.11 Å². The van der Waals surface area contributed by atoms with E-state index in [0.29, 0.717) is 24.0 Å². The molecule has 0 aliphatic rings. The van der Waals surface area contributed by atoms with Gasteiger partial charge in [-0.15, -0.1) is 0 Å². The molecule has 0 radical (unpaired) electrons. The van der Waals surface area contributed by atoms with E-state index in [1.54, 1.807) is 22.9 Å². The van der Waals surface area contributed by atoms with Crippen LogP contribution >= 0.6 is 0 Å². The van der Waals surface area contributed by atoms with Gasteiger partial charge in [0.15, 0.2) is 0 Å². The van der Waals surface area contributed by atoms with Crippen molar-refractivity contribution in [1.82, 2.24) is 9.55 Å². The molecule has 1 heterocycles. The van der Waals surface area contributed by atoms with Gasteiger partial charge >= 0.3 is 11.9 Å². The predicted octanol–water partition coefficient (Wildman–Crippen LogP) is 4.93. The summed E-state index contributed by atoms with van der Waals surface area (Å²) in [5.74, 6) is -1.51. The molecule has 0 bridgehead atoms. The average Bonchev–Trinajstić information content (AvgIpc) is 3.11. The first-order valence-corrected chi connectivity index (χ1v) is 10.8. The molecule has 0 aliphatic carbocycles. The molecule has 0 saturated carbocycles. The van der Waals surface area contributed by atoms with Gasteiger partial charge in [0.1, 0.15) is 23.7 Å². The first kappa shape index (κ1) is 24.2. The van der Waals surface area contributed by atoms with Crippen molar-refractivity contribution in [2.75, 3.05) is 7.11 Å². The molecule has 0 amide bonds. The van der Waals surface area contributed by atoms with Gasteiger partial charge in [-0.3, -0.25) is 4.79 Å². The fourth-order valence-corrected chi connectivity index (χ4v) is 3.85. The van der Waals surface area contributed by atoms with E-state index >= 15 is 0 Å². The van der Waals surface area contributed by atoms with Gasteiger partial charge in [-0.2, -0.15) is 0 Å². The second-order valence-corrected chi connectivity index (χ2v) is 9.23. The number of benzene rings is 2. The molecular weight excluding hydrogens is 423 g/mol. The summed E-state index contributed by atoms with van der Waals surface area (Å²) in [7, 11) is 1.23. The van der Waals surface area contributed by atoms with Gasteiger partial charge in [-0.05, 0) is 41.0 Å². The van der Waals surface area contributed by atoms with Crippen LogP contribution in [0.15, 0.2) is 48.7 Å². The zero-order valence-corrected chi connectivity index (χ0v) is 19.4. The normalized spacial score (nSPS) is 11.4. The van der Waals surface area contributed by atoms with Crippen LogP contribution in [0.5, 0.6) is 0 Å². The molecule has 1 aromatic heterocycles. The Kier molecular flexibility index (Phi) is 7.31. The van der Waals surface area contributed by atoms with Gasteiger partial charge < -0.3 is 14.4 Å². The van der Waals surface area contributed by atoms with E-state index in [0.717, 1.165) is 23.5 Å². The molecule has 3 aromatic rings. The predicted molar refractivity (Wildman–Crippen MR) is 124 cm³/mol. The summed E-state index contributed by atoms with van der Waals surface area (Å²) < 4.78 is 20.8. The van der Waals surface area contributed by atoms with Crippen molar-refractivity contribution < 1.29 is 23.8 Å². The zero-order valence-electron chi connectivity index (χ0n) is 19.4. The molecular formula is C26H29FN2O4. The van der Waals surface area contributed by atoms with E-state index in [9.17, 15) is 19.1 Å². The third-order valence-corrected chi connectivity index (χ3v) is 5.33. The van der Waals surface area contributed by atoms with Crippen LogP contribution in [0, 0.1) is 11.2 Å². The Bertz CT molecular complexity index is 1140. The van der Waals surface area contributed by atoms with Crippen LogP contribution < -0.4 is 0 Å². The summed E-state index contributed by atoms with van der Waals surface area (Å²) in [6.07, 6.45) is 3.76. The quantitative estimate of drug-likeness (QED) is 0.490. The van der Waals surface area contributed by atoms with Crippen LogP contribution in [-0.4, -0.2) is 33.7 Å². The molecule has 0 fully saturated rings. The maximum atomic E-state index is 14.2. The number of halogens is 1. The molecule has 33 heavy (non-hydrogen) atoms. The number of nitrogens with zero attached hydrogens (tertiary/aromatic N) is 2. The number of rotatable bonds is 8. The summed E-state index contributed by atoms with van der Waals surface area (Å²) in [4.78, 5) is 27.9. The number of hydrogen-bond acceptors (Lipinski definition) is 4. The Hall–Kier alpha value is -3.48. The number of aliphatic carboxylic acids is 1. The molecule has 0 saturated heterocycles. The second-order valence-electron chi connectivity index (χ2n) is 9.23. The summed E-state index contributed by atoms with van der Waals surface area (Å²) in [5, 5.41) is 9.35. The number of esters is 1. The van der Waals surface area contributed by atoms with E-state index in [1.165, 1.54) is 13.2 Å². The lowest BCUT2D eigenvalue weighted by Gasteiger charge is -2.19. The number of carboxylic acids is 1. The van der Waals surface area contributed by atoms with Crippen molar-refractivity contribution in [3.63, 3.8) is 0 Å². The van der Waals surface area contributed by atoms with Gasteiger partial charge in [0.2, 0.25) is 0 Å². The van der Waals surface area contributed by atoms with Crippen LogP contribution in [-0.2, 0) is 35.3 Å². The van der Waals surface area contributed by atoms with Crippen molar-refractivity contribution in [2.45, 2.75) is 46.6 Å². The van der Waals surface area contributed by atoms with Crippen LogP contribution in [0.25, 0.3) is 11.1 Å². The maximum Gasteiger partial charge on any atom is 0.341 e. The summed E-state index contributed by atoms with van der Waals surface area (Å²) in [5.41, 5.74) is 3.04. The standard InChI is InChI=1S/C26H29FN2O4/c1-26(2,3)14-19-15-28-22(29(19)16-23(30)31)13-10-17-8-11-18(12-9-17)20-6-5-7-21(27)24(20)25(32)33-4/h5-9,11-12,15H,10,13-14,16H2,1-4H3,(H,30,31). The number of ether oxygens (including phenoxy) is 1. The van der Waals surface area contributed by atoms with Crippen LogP contribution in [0.2, 0.25) is 0 Å². The van der Waals surface area contributed by atoms with E-state index in [4.69, 9.17) is 4.74 Å². The lowest BCUT2D eigenvalue weighted by molar-refractivity contribution is -0.137. The number of carbonyl (C=O) groups excluding carboxylic acids is 1. The first-order chi connectivity index (χ1) is 15.6. The Balaban J connectivity index is 1.79. The van der Waals surface area contributed by atoms with Gasteiger partial charge in [0, 0.05) is 18.3 Å². The number of carbonyl (C=O) groups is 2. The minimum atomic E-state index is -0.898. The number of aromatic nitrogens is 2. The Morgan fingerprint density at radius 3 is 2.39 bits per heavy atom. The SMILES string of the molecule is COC(=O)c1c(F)cccc1-c1ccc(CCc2ncc(CC(C)(C)C)n2CC(=O)O)cc1. The van der Waals surface area contributed by atoms with Crippen molar-refractivity contribution in [3.05, 3.63) is 77.1 Å². The monoisotopic (exact) mass is 452 g/mol. The van der Waals surface area contributed by atoms with Crippen molar-refractivity contribution in [3.8, 4) is 11.1 Å². The largest absolute Gasteiger partial charge is 0.480 e. The Labute approximate surface area is 193 Å². The van der Waals surface area contributed by atoms with Crippen molar-refractivity contribution >= 4 is 11.9 Å². The number of methoxy groups -OCH3 is 1. The topological polar surface area (TPSA) is 81.4 Å². The zero-order chi connectivity index (χ0) is 24.2. The van der Waals surface area contributed by atoms with Gasteiger partial charge in [-0.25, -0.2) is 14.2 Å². The lowest BCUT2D eigenvalue weighted by atomic mass is 9.91. The van der Waals surface area contributed by atoms with Crippen LogP contribution in [0.4, 0.5) is 4.39 Å². The van der Waals surface area contributed by atoms with E-state index in [1.807, 2.05) is 24.3 Å². The van der Waals surface area contributed by atoms with Gasteiger partial charge in [-0.1, -0.05) is 57.2 Å². The number of imidazole rings is 1. The fraction of sp³-hybridized carbons (Fsp3) is 0.346. The van der Waals surface area contributed by atoms with Crippen LogP contribution in [0.3, 0.4) is 0 Å². The number of carboxylic acid groups (broad SMARTS) is 1. The summed E-state index contributed by atoms with van der Waals surface area (Å²) in [6, 6.07) is 12.0. The number of hydrogen-bond donors (Lipinski definition) is 1. The van der Waals surface area contributed by atoms with Crippen LogP contribution in [0.1, 0.15) is 48.2 Å². The highest BCUT2D eigenvalue weighted by molar-refractivity contribution is 5.97. The molecule has 6 nitrogen and oxygen atoms in total. The van der Waals surface area contributed by atoms with Crippen molar-refractivity contribution in [1.29, 1.82) is 0 Å². The minimum absolute atomic E-state index is 0.0172. The molecule has 0 spiro atoms. The highest BCUT2D eigenvalue weighted by Gasteiger charge is 2.20. The molecule has 0 atom stereocenters. The fourth-order valence-electron chi connectivity index (χ4n) is 3.85. The Morgan fingerprint density at radius 2 is 1.79 bits per heavy atom. The Morgan fingerprint density at radius 1 is 1.09 bits per heavy atom. The molecule has 174 valence electrons. The minimum Gasteiger partial charge on any atom is -0.480 e. The highest BCUT2D eigenvalue weighted by Crippen LogP contribution is 2.27. The summed E-state index contributed by atoms with van der Waals surface area (Å²) in [6.45, 7) is 6.21. The smallest absolute Gasteiger partial charge is 0.341 e.